The fraction of sp³-hybridized carbons (Fsp3) is 0.647. The molecule has 39 heavy (non-hydrogen) atoms. The summed E-state index contributed by atoms with van der Waals surface area (Å²) in [5.41, 5.74) is 1.08. The van der Waals surface area contributed by atoms with Crippen LogP contribution in [0, 0.1) is 45.3 Å². The first-order valence-corrected chi connectivity index (χ1v) is 14.8. The number of rotatable bonds is 4. The van der Waals surface area contributed by atoms with E-state index < -0.39 is 5.41 Å². The molecule has 1 aromatic carbocycles. The smallest absolute Gasteiger partial charge is 0.338 e. The lowest BCUT2D eigenvalue weighted by Crippen LogP contribution is -2.64. The quantitative estimate of drug-likeness (QED) is 0.316. The van der Waals surface area contributed by atoms with Gasteiger partial charge < -0.3 is 14.2 Å². The van der Waals surface area contributed by atoms with Crippen LogP contribution < -0.4 is 0 Å². The minimum atomic E-state index is -0.508. The molecular weight excluding hydrogens is 488 g/mol. The number of methoxy groups -OCH3 is 1. The first-order chi connectivity index (χ1) is 18.5. The van der Waals surface area contributed by atoms with Crippen LogP contribution in [0.3, 0.4) is 0 Å². The molecule has 210 valence electrons. The van der Waals surface area contributed by atoms with Crippen molar-refractivity contribution in [2.45, 2.75) is 79.1 Å². The Hall–Kier alpha value is -2.24. The van der Waals surface area contributed by atoms with Gasteiger partial charge in [0, 0.05) is 24.4 Å². The Morgan fingerprint density at radius 2 is 1.77 bits per heavy atom. The van der Waals surface area contributed by atoms with Crippen molar-refractivity contribution < 1.29 is 23.8 Å². The average molecular weight is 533 g/mol. The van der Waals surface area contributed by atoms with Gasteiger partial charge >= 0.3 is 5.97 Å². The molecule has 0 unspecified atom stereocenters. The lowest BCUT2D eigenvalue weighted by Gasteiger charge is -2.66. The van der Waals surface area contributed by atoms with Crippen LogP contribution in [0.15, 0.2) is 54.1 Å². The van der Waals surface area contributed by atoms with E-state index in [9.17, 15) is 9.59 Å². The number of allylic oxidation sites excluding steroid dienone is 3. The van der Waals surface area contributed by atoms with Crippen molar-refractivity contribution in [3.63, 3.8) is 0 Å². The molecule has 0 radical (unpaired) electrons. The zero-order valence-electron chi connectivity index (χ0n) is 24.4. The van der Waals surface area contributed by atoms with Crippen molar-refractivity contribution >= 4 is 11.8 Å². The van der Waals surface area contributed by atoms with Gasteiger partial charge in [0.15, 0.2) is 12.1 Å². The van der Waals surface area contributed by atoms with E-state index in [-0.39, 0.29) is 52.2 Å². The average Bonchev–Trinajstić information content (AvgIpc) is 3.53. The van der Waals surface area contributed by atoms with Crippen LogP contribution in [0.1, 0.15) is 77.1 Å². The second kappa shape index (κ2) is 9.14. The summed E-state index contributed by atoms with van der Waals surface area (Å²) in [6.07, 6.45) is 10.9. The molecule has 6 rings (SSSR count). The van der Waals surface area contributed by atoms with Gasteiger partial charge in [0.05, 0.1) is 12.2 Å². The molecule has 5 heteroatoms. The zero-order chi connectivity index (χ0) is 27.8. The molecule has 0 amide bonds. The summed E-state index contributed by atoms with van der Waals surface area (Å²) in [7, 11) is 1.73. The Morgan fingerprint density at radius 1 is 1.03 bits per heavy atom. The third-order valence-corrected chi connectivity index (χ3v) is 12.1. The number of esters is 1. The summed E-state index contributed by atoms with van der Waals surface area (Å²) >= 11 is 0. The standard InChI is InChI=1S/C34H44O5/c1-31(2)26-19-28(39-30(36)21-10-8-7-9-11-21)34(5)24-13-12-23(22-18-29(37-6)38-20-22)32(24,3)16-14-25(34)33(26,4)17-15-27(31)35/h7-11,13,15,17,22-23,25-26,28-29H,12,14,16,18-20H2,1-6H3/t22-,23-,25+,26-,28+,29+,32-,33+,34-/m0/s1. The summed E-state index contributed by atoms with van der Waals surface area (Å²) in [5.74, 6) is 1.22. The van der Waals surface area contributed by atoms with Crippen molar-refractivity contribution in [2.75, 3.05) is 13.7 Å². The van der Waals surface area contributed by atoms with Crippen LogP contribution in [0.2, 0.25) is 0 Å². The number of ether oxygens (including phenoxy) is 3. The number of hydrogen-bond donors (Lipinski definition) is 0. The Balaban J connectivity index is 1.42. The van der Waals surface area contributed by atoms with E-state index in [0.29, 0.717) is 23.8 Å². The maximum atomic E-state index is 13.6. The SMILES string of the molecule is CO[C@H]1C[C@H]([C@@H]2CC=C3[C@@]4(C)[C@H](CC[C@]32C)[C@@]2(C)C=CC(=O)C(C)(C)[C@@H]2C[C@H]4OC(=O)c2ccccc2)CO1. The molecule has 0 aromatic heterocycles. The molecule has 0 bridgehead atoms. The number of carbonyl (C=O) groups is 2. The monoisotopic (exact) mass is 532 g/mol. The van der Waals surface area contributed by atoms with Crippen molar-refractivity contribution in [3.8, 4) is 0 Å². The number of benzene rings is 1. The Kier molecular flexibility index (Phi) is 6.32. The minimum absolute atomic E-state index is 0.0201. The highest BCUT2D eigenvalue weighted by Crippen LogP contribution is 2.72. The van der Waals surface area contributed by atoms with Crippen LogP contribution in [-0.2, 0) is 19.0 Å². The molecule has 1 aliphatic heterocycles. The highest BCUT2D eigenvalue weighted by Gasteiger charge is 2.69. The molecule has 1 saturated heterocycles. The maximum Gasteiger partial charge on any atom is 0.338 e. The largest absolute Gasteiger partial charge is 0.458 e. The van der Waals surface area contributed by atoms with Gasteiger partial charge in [-0.1, -0.05) is 70.5 Å². The Labute approximate surface area is 233 Å². The lowest BCUT2D eigenvalue weighted by molar-refractivity contribution is -0.166. The number of fused-ring (bicyclic) bond motifs is 5. The van der Waals surface area contributed by atoms with E-state index in [1.54, 1.807) is 7.11 Å². The summed E-state index contributed by atoms with van der Waals surface area (Å²) in [4.78, 5) is 26.7. The Bertz CT molecular complexity index is 1220. The van der Waals surface area contributed by atoms with Gasteiger partial charge in [0.25, 0.3) is 0 Å². The summed E-state index contributed by atoms with van der Waals surface area (Å²) in [6, 6.07) is 9.33. The zero-order valence-corrected chi connectivity index (χ0v) is 24.4. The summed E-state index contributed by atoms with van der Waals surface area (Å²) in [6.45, 7) is 12.1. The highest BCUT2D eigenvalue weighted by atomic mass is 16.7. The normalized spacial score (nSPS) is 44.3. The van der Waals surface area contributed by atoms with Gasteiger partial charge in [-0.25, -0.2) is 4.79 Å². The van der Waals surface area contributed by atoms with E-state index in [1.807, 2.05) is 36.4 Å². The van der Waals surface area contributed by atoms with Gasteiger partial charge in [-0.3, -0.25) is 4.79 Å². The van der Waals surface area contributed by atoms with E-state index in [1.165, 1.54) is 5.57 Å². The van der Waals surface area contributed by atoms with Gasteiger partial charge in [-0.05, 0) is 78.4 Å². The van der Waals surface area contributed by atoms with Crippen molar-refractivity contribution in [1.29, 1.82) is 0 Å². The summed E-state index contributed by atoms with van der Waals surface area (Å²) < 4.78 is 18.1. The minimum Gasteiger partial charge on any atom is -0.458 e. The van der Waals surface area contributed by atoms with E-state index >= 15 is 0 Å². The van der Waals surface area contributed by atoms with E-state index in [2.05, 4.69) is 46.8 Å². The molecule has 3 fully saturated rings. The fourth-order valence-corrected chi connectivity index (χ4v) is 10.00. The van der Waals surface area contributed by atoms with Crippen LogP contribution >= 0.6 is 0 Å². The number of carbonyl (C=O) groups excluding carboxylic acids is 2. The topological polar surface area (TPSA) is 61.8 Å². The molecule has 2 saturated carbocycles. The van der Waals surface area contributed by atoms with Gasteiger partial charge in [0.1, 0.15) is 6.10 Å². The first-order valence-electron chi connectivity index (χ1n) is 14.8. The van der Waals surface area contributed by atoms with Gasteiger partial charge in [-0.15, -0.1) is 0 Å². The highest BCUT2D eigenvalue weighted by molar-refractivity contribution is 5.96. The van der Waals surface area contributed by atoms with Crippen LogP contribution in [0.4, 0.5) is 0 Å². The van der Waals surface area contributed by atoms with Gasteiger partial charge in [0.2, 0.25) is 0 Å². The van der Waals surface area contributed by atoms with Gasteiger partial charge in [-0.2, -0.15) is 0 Å². The second-order valence-corrected chi connectivity index (χ2v) is 14.1. The number of ketones is 1. The first kappa shape index (κ1) is 27.0. The Morgan fingerprint density at radius 3 is 2.46 bits per heavy atom. The third kappa shape index (κ3) is 3.79. The predicted molar refractivity (Wildman–Crippen MR) is 150 cm³/mol. The van der Waals surface area contributed by atoms with Crippen LogP contribution in [-0.4, -0.2) is 37.9 Å². The summed E-state index contributed by atoms with van der Waals surface area (Å²) in [5, 5.41) is 0. The molecule has 0 N–H and O–H groups in total. The fourth-order valence-electron chi connectivity index (χ4n) is 10.00. The van der Waals surface area contributed by atoms with Crippen molar-refractivity contribution in [3.05, 3.63) is 59.7 Å². The van der Waals surface area contributed by atoms with Crippen molar-refractivity contribution in [1.82, 2.24) is 0 Å². The lowest BCUT2D eigenvalue weighted by atomic mass is 9.38. The number of hydrogen-bond acceptors (Lipinski definition) is 5. The van der Waals surface area contributed by atoms with E-state index in [0.717, 1.165) is 32.3 Å². The van der Waals surface area contributed by atoms with Crippen LogP contribution in [0.25, 0.3) is 0 Å². The van der Waals surface area contributed by atoms with Crippen molar-refractivity contribution in [2.24, 2.45) is 45.3 Å². The molecule has 4 aliphatic carbocycles. The molecule has 9 atom stereocenters. The molecule has 5 aliphatic rings. The maximum absolute atomic E-state index is 13.6. The molecule has 1 aromatic rings. The molecular formula is C34H44O5. The molecule has 0 spiro atoms. The van der Waals surface area contributed by atoms with Crippen LogP contribution in [0.5, 0.6) is 0 Å². The predicted octanol–water partition coefficient (Wildman–Crippen LogP) is 6.78. The molecule has 1 heterocycles. The molecule has 5 nitrogen and oxygen atoms in total. The van der Waals surface area contributed by atoms with E-state index in [4.69, 9.17) is 14.2 Å². The second-order valence-electron chi connectivity index (χ2n) is 14.1. The third-order valence-electron chi connectivity index (χ3n) is 12.1.